The van der Waals surface area contributed by atoms with E-state index in [-0.39, 0.29) is 12.0 Å². The van der Waals surface area contributed by atoms with E-state index in [4.69, 9.17) is 9.84 Å². The molecule has 2 atom stereocenters. The lowest BCUT2D eigenvalue weighted by Gasteiger charge is -2.36. The van der Waals surface area contributed by atoms with Crippen LogP contribution in [0, 0.1) is 11.8 Å². The van der Waals surface area contributed by atoms with Gasteiger partial charge in [0.15, 0.2) is 0 Å². The van der Waals surface area contributed by atoms with Gasteiger partial charge in [-0.15, -0.1) is 0 Å². The summed E-state index contributed by atoms with van der Waals surface area (Å²) in [6, 6.07) is 0. The van der Waals surface area contributed by atoms with Gasteiger partial charge in [0.1, 0.15) is 0 Å². The van der Waals surface area contributed by atoms with Gasteiger partial charge in [-0.05, 0) is 31.6 Å². The van der Waals surface area contributed by atoms with E-state index in [1.54, 1.807) is 0 Å². The van der Waals surface area contributed by atoms with Gasteiger partial charge in [0.2, 0.25) is 0 Å². The van der Waals surface area contributed by atoms with Gasteiger partial charge in [0, 0.05) is 6.61 Å². The van der Waals surface area contributed by atoms with Gasteiger partial charge in [-0.3, -0.25) is 4.79 Å². The topological polar surface area (TPSA) is 46.5 Å². The Balaban J connectivity index is 1.99. The van der Waals surface area contributed by atoms with Crippen LogP contribution in [0.3, 0.4) is 0 Å². The summed E-state index contributed by atoms with van der Waals surface area (Å²) in [7, 11) is 0. The van der Waals surface area contributed by atoms with Gasteiger partial charge < -0.3 is 9.84 Å². The molecule has 2 rings (SSSR count). The van der Waals surface area contributed by atoms with Crippen molar-refractivity contribution in [3.63, 3.8) is 0 Å². The summed E-state index contributed by atoms with van der Waals surface area (Å²) in [6.45, 7) is 0.755. The van der Waals surface area contributed by atoms with Gasteiger partial charge in [0.05, 0.1) is 12.0 Å². The highest BCUT2D eigenvalue weighted by Gasteiger charge is 2.37. The van der Waals surface area contributed by atoms with Crippen molar-refractivity contribution in [2.24, 2.45) is 11.8 Å². The molecule has 0 aromatic rings. The van der Waals surface area contributed by atoms with E-state index in [0.717, 1.165) is 32.3 Å². The molecule has 1 aliphatic carbocycles. The van der Waals surface area contributed by atoms with Crippen LogP contribution in [0.4, 0.5) is 0 Å². The molecule has 2 unspecified atom stereocenters. The third kappa shape index (κ3) is 2.51. The van der Waals surface area contributed by atoms with Crippen LogP contribution in [0.5, 0.6) is 0 Å². The van der Waals surface area contributed by atoms with Gasteiger partial charge in [-0.1, -0.05) is 19.3 Å². The molecular formula is C12H20O3. The maximum Gasteiger partial charge on any atom is 0.309 e. The average Bonchev–Trinajstić information content (AvgIpc) is 2.30. The molecule has 1 saturated carbocycles. The summed E-state index contributed by atoms with van der Waals surface area (Å²) < 4.78 is 5.71. The molecule has 1 heterocycles. The largest absolute Gasteiger partial charge is 0.481 e. The van der Waals surface area contributed by atoms with E-state index in [9.17, 15) is 4.79 Å². The normalized spacial score (nSPS) is 33.9. The minimum absolute atomic E-state index is 0.00319. The Morgan fingerprint density at radius 2 is 1.80 bits per heavy atom. The van der Waals surface area contributed by atoms with Crippen molar-refractivity contribution in [3.8, 4) is 0 Å². The van der Waals surface area contributed by atoms with Gasteiger partial charge in [-0.2, -0.15) is 0 Å². The van der Waals surface area contributed by atoms with Gasteiger partial charge in [0.25, 0.3) is 0 Å². The molecular weight excluding hydrogens is 192 g/mol. The second-order valence-electron chi connectivity index (χ2n) is 4.82. The van der Waals surface area contributed by atoms with Crippen LogP contribution >= 0.6 is 0 Å². The van der Waals surface area contributed by atoms with Crippen LogP contribution in [-0.2, 0) is 9.53 Å². The molecule has 3 nitrogen and oxygen atoms in total. The van der Waals surface area contributed by atoms with Crippen molar-refractivity contribution in [3.05, 3.63) is 0 Å². The second kappa shape index (κ2) is 4.97. The molecule has 3 heteroatoms. The molecule has 0 aromatic heterocycles. The van der Waals surface area contributed by atoms with Crippen LogP contribution < -0.4 is 0 Å². The van der Waals surface area contributed by atoms with Crippen molar-refractivity contribution < 1.29 is 14.6 Å². The maximum absolute atomic E-state index is 11.1. The molecule has 86 valence electrons. The Bertz CT molecular complexity index is 221. The fourth-order valence-corrected chi connectivity index (χ4v) is 2.99. The Hall–Kier alpha value is -0.570. The van der Waals surface area contributed by atoms with Crippen molar-refractivity contribution in [2.75, 3.05) is 6.61 Å². The number of carboxylic acid groups (broad SMARTS) is 1. The number of carboxylic acids is 1. The zero-order chi connectivity index (χ0) is 10.7. The molecule has 1 N–H and O–H groups in total. The molecule has 0 radical (unpaired) electrons. The summed E-state index contributed by atoms with van der Waals surface area (Å²) in [5.74, 6) is -0.410. The Morgan fingerprint density at radius 3 is 2.47 bits per heavy atom. The second-order valence-corrected chi connectivity index (χ2v) is 4.82. The highest BCUT2D eigenvalue weighted by molar-refractivity contribution is 5.70. The Kier molecular flexibility index (Phi) is 3.62. The first kappa shape index (κ1) is 10.9. The summed E-state index contributed by atoms with van der Waals surface area (Å²) in [6.07, 6.45) is 7.82. The molecule has 0 amide bonds. The monoisotopic (exact) mass is 212 g/mol. The van der Waals surface area contributed by atoms with E-state index in [1.807, 2.05) is 0 Å². The molecule has 2 aliphatic rings. The smallest absolute Gasteiger partial charge is 0.309 e. The van der Waals surface area contributed by atoms with Crippen LogP contribution in [-0.4, -0.2) is 23.8 Å². The lowest BCUT2D eigenvalue weighted by Crippen LogP contribution is -2.41. The van der Waals surface area contributed by atoms with Crippen LogP contribution in [0.2, 0.25) is 0 Å². The fraction of sp³-hybridized carbons (Fsp3) is 0.917. The zero-order valence-electron chi connectivity index (χ0n) is 9.15. The Labute approximate surface area is 90.8 Å². The average molecular weight is 212 g/mol. The van der Waals surface area contributed by atoms with E-state index >= 15 is 0 Å². The third-order valence-electron chi connectivity index (χ3n) is 3.80. The number of hydrogen-bond acceptors (Lipinski definition) is 2. The first-order chi connectivity index (χ1) is 7.29. The highest BCUT2D eigenvalue weighted by Crippen LogP contribution is 2.35. The quantitative estimate of drug-likeness (QED) is 0.764. The van der Waals surface area contributed by atoms with E-state index in [1.165, 1.54) is 19.3 Å². The summed E-state index contributed by atoms with van der Waals surface area (Å²) in [5.41, 5.74) is 0. The van der Waals surface area contributed by atoms with E-state index in [2.05, 4.69) is 0 Å². The van der Waals surface area contributed by atoms with Crippen molar-refractivity contribution >= 4 is 5.97 Å². The highest BCUT2D eigenvalue weighted by atomic mass is 16.5. The predicted molar refractivity (Wildman–Crippen MR) is 56.7 cm³/mol. The minimum atomic E-state index is -0.662. The number of carbonyl (C=O) groups is 1. The SMILES string of the molecule is O=C(O)C1CCCOC1C1CCCCC1. The maximum atomic E-state index is 11.1. The summed E-state index contributed by atoms with van der Waals surface area (Å²) in [4.78, 5) is 11.1. The first-order valence-electron chi connectivity index (χ1n) is 6.13. The molecule has 15 heavy (non-hydrogen) atoms. The standard InChI is InChI=1S/C12H20O3/c13-12(14)10-7-4-8-15-11(10)9-5-2-1-3-6-9/h9-11H,1-8H2,(H,13,14). The lowest BCUT2D eigenvalue weighted by atomic mass is 9.78. The van der Waals surface area contributed by atoms with Gasteiger partial charge in [-0.25, -0.2) is 0 Å². The van der Waals surface area contributed by atoms with Crippen molar-refractivity contribution in [1.29, 1.82) is 0 Å². The fourth-order valence-electron chi connectivity index (χ4n) is 2.99. The lowest BCUT2D eigenvalue weighted by molar-refractivity contribution is -0.155. The molecule has 1 saturated heterocycles. The molecule has 0 spiro atoms. The van der Waals surface area contributed by atoms with Crippen LogP contribution in [0.1, 0.15) is 44.9 Å². The third-order valence-corrected chi connectivity index (χ3v) is 3.80. The summed E-state index contributed by atoms with van der Waals surface area (Å²) >= 11 is 0. The predicted octanol–water partition coefficient (Wildman–Crippen LogP) is 2.45. The molecule has 2 fully saturated rings. The molecule has 0 bridgehead atoms. The van der Waals surface area contributed by atoms with Gasteiger partial charge >= 0.3 is 5.97 Å². The van der Waals surface area contributed by atoms with Crippen LogP contribution in [0.25, 0.3) is 0 Å². The number of aliphatic carboxylic acids is 1. The summed E-state index contributed by atoms with van der Waals surface area (Å²) in [5, 5.41) is 9.16. The van der Waals surface area contributed by atoms with Crippen molar-refractivity contribution in [2.45, 2.75) is 51.0 Å². The molecule has 1 aliphatic heterocycles. The molecule has 0 aromatic carbocycles. The van der Waals surface area contributed by atoms with E-state index < -0.39 is 5.97 Å². The zero-order valence-corrected chi connectivity index (χ0v) is 9.15. The minimum Gasteiger partial charge on any atom is -0.481 e. The van der Waals surface area contributed by atoms with Crippen LogP contribution in [0.15, 0.2) is 0 Å². The first-order valence-corrected chi connectivity index (χ1v) is 6.13. The number of ether oxygens (including phenoxy) is 1. The number of hydrogen-bond donors (Lipinski definition) is 1. The van der Waals surface area contributed by atoms with Crippen molar-refractivity contribution in [1.82, 2.24) is 0 Å². The Morgan fingerprint density at radius 1 is 1.07 bits per heavy atom. The number of rotatable bonds is 2. The van der Waals surface area contributed by atoms with E-state index in [0.29, 0.717) is 5.92 Å².